The van der Waals surface area contributed by atoms with Gasteiger partial charge in [-0.1, -0.05) is 35.7 Å². The fourth-order valence-corrected chi connectivity index (χ4v) is 6.05. The number of halogens is 4. The van der Waals surface area contributed by atoms with Gasteiger partial charge in [0, 0.05) is 23.5 Å². The number of pyridine rings is 1. The molecular weight excluding hydrogens is 448 g/mol. The molecule has 1 aliphatic rings. The lowest BCUT2D eigenvalue weighted by molar-refractivity contribution is 0.0837. The molecule has 0 saturated heterocycles. The van der Waals surface area contributed by atoms with Crippen LogP contribution in [0.25, 0.3) is 10.2 Å². The summed E-state index contributed by atoms with van der Waals surface area (Å²) in [6.45, 7) is 0.665. The van der Waals surface area contributed by atoms with E-state index in [4.69, 9.17) is 28.9 Å². The molecule has 0 unspecified atom stereocenters. The minimum Gasteiger partial charge on any atom is -0.379 e. The number of hydrogen-bond acceptors (Lipinski definition) is 5. The van der Waals surface area contributed by atoms with Gasteiger partial charge < -0.3 is 11.1 Å². The van der Waals surface area contributed by atoms with Crippen molar-refractivity contribution in [3.63, 3.8) is 0 Å². The van der Waals surface area contributed by atoms with Gasteiger partial charge in [0.15, 0.2) is 5.67 Å². The Kier molecular flexibility index (Phi) is 6.56. The number of alkyl halides is 1. The molecule has 1 fully saturated rings. The van der Waals surface area contributed by atoms with Gasteiger partial charge >= 0.3 is 0 Å². The number of aromatic nitrogens is 1. The summed E-state index contributed by atoms with van der Waals surface area (Å²) >= 11 is 15.8. The number of fused-ring (bicyclic) bond motifs is 1. The molecule has 146 valence electrons. The number of nitrogens with one attached hydrogen (secondary N) is 1. The number of nitrogens with two attached hydrogens (primary N) is 1. The molecule has 3 heterocycles. The lowest BCUT2D eigenvalue weighted by Crippen LogP contribution is -2.44. The van der Waals surface area contributed by atoms with Crippen molar-refractivity contribution in [2.45, 2.75) is 43.9 Å². The molecule has 0 aliphatic heterocycles. The van der Waals surface area contributed by atoms with E-state index >= 15 is 4.39 Å². The first kappa shape index (κ1) is 21.1. The van der Waals surface area contributed by atoms with Crippen LogP contribution >= 0.6 is 58.3 Å². The highest BCUT2D eigenvalue weighted by molar-refractivity contribution is 7.20. The Hall–Kier alpha value is -0.630. The summed E-state index contributed by atoms with van der Waals surface area (Å²) < 4.78 is 16.6. The normalized spacial score (nSPS) is 22.6. The van der Waals surface area contributed by atoms with Crippen molar-refractivity contribution in [3.8, 4) is 0 Å². The predicted octanol–water partition coefficient (Wildman–Crippen LogP) is 6.76. The Bertz CT molecular complexity index is 932. The largest absolute Gasteiger partial charge is 0.379 e. The molecule has 1 aliphatic carbocycles. The zero-order chi connectivity index (χ0) is 18.3. The van der Waals surface area contributed by atoms with E-state index in [1.165, 1.54) is 16.2 Å². The van der Waals surface area contributed by atoms with Crippen LogP contribution in [0.5, 0.6) is 0 Å². The highest BCUT2D eigenvalue weighted by Crippen LogP contribution is 2.50. The summed E-state index contributed by atoms with van der Waals surface area (Å²) in [6.07, 6.45) is 2.82. The van der Waals surface area contributed by atoms with Crippen molar-refractivity contribution in [2.24, 2.45) is 5.73 Å². The van der Waals surface area contributed by atoms with Crippen LogP contribution in [-0.2, 0) is 12.2 Å². The highest BCUT2D eigenvalue weighted by atomic mass is 35.5. The van der Waals surface area contributed by atoms with Gasteiger partial charge in [0.2, 0.25) is 0 Å². The second-order valence-corrected chi connectivity index (χ2v) is 9.38. The third kappa shape index (κ3) is 3.93. The van der Waals surface area contributed by atoms with Crippen LogP contribution in [0.3, 0.4) is 0 Å². The van der Waals surface area contributed by atoms with Gasteiger partial charge in [-0.25, -0.2) is 9.37 Å². The van der Waals surface area contributed by atoms with E-state index in [-0.39, 0.29) is 12.4 Å². The molecule has 1 saturated carbocycles. The standard InChI is InChI=1S/C18H18Cl2FN3S2.ClH/c19-13-8-11(23-9-10-4-3-7-25-10)16-15(24-13)14(20)17(26-16)18(21)6-2-1-5-12(18)22;/h3-4,7-8,12H,1-2,5-6,9,22H2,(H,23,24);1H/t12-,18+;/m0./s1. The summed E-state index contributed by atoms with van der Waals surface area (Å²) in [7, 11) is 0. The summed E-state index contributed by atoms with van der Waals surface area (Å²) in [5.74, 6) is 0. The second-order valence-electron chi connectivity index (χ2n) is 6.56. The summed E-state index contributed by atoms with van der Waals surface area (Å²) in [4.78, 5) is 6.03. The minimum absolute atomic E-state index is 0. The minimum atomic E-state index is -1.60. The van der Waals surface area contributed by atoms with Crippen molar-refractivity contribution in [1.29, 1.82) is 0 Å². The molecule has 2 atom stereocenters. The third-order valence-electron chi connectivity index (χ3n) is 4.86. The van der Waals surface area contributed by atoms with Crippen LogP contribution in [0, 0.1) is 0 Å². The molecule has 9 heteroatoms. The number of thiophene rings is 2. The zero-order valence-electron chi connectivity index (χ0n) is 14.3. The average molecular weight is 467 g/mol. The lowest BCUT2D eigenvalue weighted by Gasteiger charge is -2.34. The number of nitrogens with zero attached hydrogens (tertiary/aromatic N) is 1. The maximum absolute atomic E-state index is 15.8. The average Bonchev–Trinajstić information content (AvgIpc) is 3.24. The van der Waals surface area contributed by atoms with Crippen LogP contribution in [-0.4, -0.2) is 11.0 Å². The third-order valence-corrected chi connectivity index (χ3v) is 7.77. The van der Waals surface area contributed by atoms with Gasteiger partial charge in [-0.2, -0.15) is 0 Å². The molecule has 3 nitrogen and oxygen atoms in total. The Morgan fingerprint density at radius 2 is 2.19 bits per heavy atom. The molecule has 3 N–H and O–H groups in total. The SMILES string of the molecule is Cl.N[C@H]1CCCC[C@]1(F)c1sc2c(NCc3cccs3)cc(Cl)nc2c1Cl. The number of anilines is 1. The van der Waals surface area contributed by atoms with Crippen molar-refractivity contribution in [2.75, 3.05) is 5.32 Å². The van der Waals surface area contributed by atoms with Crippen LogP contribution in [0.1, 0.15) is 35.4 Å². The smallest absolute Gasteiger partial charge is 0.161 e. The summed E-state index contributed by atoms with van der Waals surface area (Å²) in [5.41, 5.74) is 5.90. The fourth-order valence-electron chi connectivity index (χ4n) is 3.45. The first-order valence-electron chi connectivity index (χ1n) is 8.49. The summed E-state index contributed by atoms with van der Waals surface area (Å²) in [6, 6.07) is 5.29. The topological polar surface area (TPSA) is 50.9 Å². The summed E-state index contributed by atoms with van der Waals surface area (Å²) in [5, 5.41) is 6.08. The van der Waals surface area contributed by atoms with Crippen LogP contribution in [0.15, 0.2) is 23.6 Å². The van der Waals surface area contributed by atoms with E-state index in [1.54, 1.807) is 17.4 Å². The molecule has 0 radical (unpaired) electrons. The Labute approximate surface area is 181 Å². The van der Waals surface area contributed by atoms with E-state index in [0.717, 1.165) is 23.2 Å². The molecule has 3 aromatic heterocycles. The quantitative estimate of drug-likeness (QED) is 0.417. The molecule has 0 aromatic carbocycles. The molecule has 0 bridgehead atoms. The predicted molar refractivity (Wildman–Crippen MR) is 118 cm³/mol. The van der Waals surface area contributed by atoms with Gasteiger partial charge in [0.05, 0.1) is 20.3 Å². The molecular formula is C18H19Cl3FN3S2. The fraction of sp³-hybridized carbons (Fsp3) is 0.389. The maximum Gasteiger partial charge on any atom is 0.161 e. The number of hydrogen-bond donors (Lipinski definition) is 2. The highest BCUT2D eigenvalue weighted by Gasteiger charge is 2.44. The molecule has 3 aromatic rings. The van der Waals surface area contributed by atoms with Crippen LogP contribution in [0.2, 0.25) is 10.2 Å². The molecule has 0 spiro atoms. The van der Waals surface area contributed by atoms with Crippen molar-refractivity contribution in [3.05, 3.63) is 43.5 Å². The van der Waals surface area contributed by atoms with E-state index in [9.17, 15) is 0 Å². The van der Waals surface area contributed by atoms with Crippen molar-refractivity contribution >= 4 is 74.2 Å². The van der Waals surface area contributed by atoms with E-state index in [1.807, 2.05) is 11.4 Å². The molecule has 4 rings (SSSR count). The van der Waals surface area contributed by atoms with Gasteiger partial charge in [-0.05, 0) is 30.7 Å². The first-order valence-corrected chi connectivity index (χ1v) is 10.9. The maximum atomic E-state index is 15.8. The lowest BCUT2D eigenvalue weighted by atomic mass is 9.81. The Morgan fingerprint density at radius 3 is 2.89 bits per heavy atom. The van der Waals surface area contributed by atoms with E-state index in [0.29, 0.717) is 40.0 Å². The zero-order valence-corrected chi connectivity index (χ0v) is 18.3. The van der Waals surface area contributed by atoms with Gasteiger partial charge in [0.25, 0.3) is 0 Å². The second kappa shape index (κ2) is 8.39. The van der Waals surface area contributed by atoms with Crippen LogP contribution in [0.4, 0.5) is 10.1 Å². The first-order chi connectivity index (χ1) is 12.5. The van der Waals surface area contributed by atoms with E-state index in [2.05, 4.69) is 16.4 Å². The van der Waals surface area contributed by atoms with Crippen molar-refractivity contribution < 1.29 is 4.39 Å². The Balaban J connectivity index is 0.00000210. The van der Waals surface area contributed by atoms with Gasteiger partial charge in [0.1, 0.15) is 10.7 Å². The molecule has 0 amide bonds. The monoisotopic (exact) mass is 465 g/mol. The van der Waals surface area contributed by atoms with Crippen LogP contribution < -0.4 is 11.1 Å². The van der Waals surface area contributed by atoms with E-state index < -0.39 is 11.7 Å². The van der Waals surface area contributed by atoms with Gasteiger partial charge in [-0.3, -0.25) is 0 Å². The van der Waals surface area contributed by atoms with Gasteiger partial charge in [-0.15, -0.1) is 35.1 Å². The number of rotatable bonds is 4. The molecule has 27 heavy (non-hydrogen) atoms. The van der Waals surface area contributed by atoms with Crippen molar-refractivity contribution in [1.82, 2.24) is 4.98 Å². The Morgan fingerprint density at radius 1 is 1.37 bits per heavy atom.